The van der Waals surface area contributed by atoms with Gasteiger partial charge in [-0.15, -0.1) is 0 Å². The molecule has 4 heteroatoms. The Bertz CT molecular complexity index is 751. The molecule has 0 aliphatic heterocycles. The van der Waals surface area contributed by atoms with Crippen LogP contribution in [0.2, 0.25) is 0 Å². The highest BCUT2D eigenvalue weighted by Crippen LogP contribution is 2.23. The van der Waals surface area contributed by atoms with Gasteiger partial charge >= 0.3 is 0 Å². The quantitative estimate of drug-likeness (QED) is 0.688. The summed E-state index contributed by atoms with van der Waals surface area (Å²) in [7, 11) is 0. The van der Waals surface area contributed by atoms with Crippen molar-refractivity contribution in [3.05, 3.63) is 58.8 Å². The van der Waals surface area contributed by atoms with E-state index in [2.05, 4.69) is 27.0 Å². The molecule has 0 unspecified atom stereocenters. The second-order valence-electron chi connectivity index (χ2n) is 3.90. The predicted octanol–water partition coefficient (Wildman–Crippen LogP) is 3.64. The van der Waals surface area contributed by atoms with Crippen LogP contribution in [0.4, 0.5) is 0 Å². The van der Waals surface area contributed by atoms with E-state index in [9.17, 15) is 0 Å². The number of fused-ring (bicyclic) bond motifs is 1. The molecule has 3 aromatic rings. The fourth-order valence-electron chi connectivity index (χ4n) is 1.83. The maximum Gasteiger partial charge on any atom is 0.151 e. The summed E-state index contributed by atoms with van der Waals surface area (Å²) in [5.74, 6) is 0. The molecule has 0 amide bonds. The highest BCUT2D eigenvalue weighted by molar-refractivity contribution is 9.10. The molecular weight excluding hydrogens is 290 g/mol. The normalized spacial score (nSPS) is 10.4. The van der Waals surface area contributed by atoms with E-state index < -0.39 is 0 Å². The lowest BCUT2D eigenvalue weighted by molar-refractivity contribution is 1.18. The van der Waals surface area contributed by atoms with Gasteiger partial charge in [0.1, 0.15) is 0 Å². The Labute approximate surface area is 112 Å². The van der Waals surface area contributed by atoms with E-state index in [0.717, 1.165) is 21.4 Å². The molecule has 2 aromatic heterocycles. The van der Waals surface area contributed by atoms with E-state index >= 15 is 0 Å². The van der Waals surface area contributed by atoms with E-state index in [-0.39, 0.29) is 0 Å². The molecule has 0 atom stereocenters. The number of halogens is 1. The van der Waals surface area contributed by atoms with Gasteiger partial charge in [0.25, 0.3) is 0 Å². The molecule has 0 N–H and O–H groups in total. The van der Waals surface area contributed by atoms with Crippen molar-refractivity contribution < 1.29 is 0 Å². The van der Waals surface area contributed by atoms with Crippen molar-refractivity contribution >= 4 is 21.6 Å². The lowest BCUT2D eigenvalue weighted by Gasteiger charge is -1.94. The number of rotatable bonds is 1. The third-order valence-corrected chi connectivity index (χ3v) is 3.36. The van der Waals surface area contributed by atoms with Crippen LogP contribution in [0.15, 0.2) is 53.3 Å². The highest BCUT2D eigenvalue weighted by atomic mass is 79.9. The molecule has 0 bridgehead atoms. The third-order valence-electron chi connectivity index (χ3n) is 2.74. The van der Waals surface area contributed by atoms with E-state index in [1.54, 1.807) is 12.1 Å². The van der Waals surface area contributed by atoms with Crippen molar-refractivity contribution in [2.24, 2.45) is 0 Å². The molecule has 0 radical (unpaired) electrons. The van der Waals surface area contributed by atoms with Gasteiger partial charge in [-0.25, -0.2) is 4.98 Å². The van der Waals surface area contributed by atoms with Crippen LogP contribution in [-0.4, -0.2) is 9.38 Å². The van der Waals surface area contributed by atoms with Gasteiger partial charge in [-0.05, 0) is 40.2 Å². The zero-order valence-electron chi connectivity index (χ0n) is 9.34. The van der Waals surface area contributed by atoms with Gasteiger partial charge < -0.3 is 4.40 Å². The van der Waals surface area contributed by atoms with E-state index in [1.165, 1.54) is 0 Å². The second-order valence-corrected chi connectivity index (χ2v) is 4.76. The predicted molar refractivity (Wildman–Crippen MR) is 73.0 cm³/mol. The van der Waals surface area contributed by atoms with Crippen LogP contribution >= 0.6 is 15.9 Å². The van der Waals surface area contributed by atoms with Crippen LogP contribution in [0.5, 0.6) is 0 Å². The Morgan fingerprint density at radius 3 is 2.61 bits per heavy atom. The van der Waals surface area contributed by atoms with Gasteiger partial charge in [-0.3, -0.25) is 0 Å². The molecule has 0 aliphatic rings. The topological polar surface area (TPSA) is 41.1 Å². The summed E-state index contributed by atoms with van der Waals surface area (Å²) in [5, 5.41) is 8.77. The summed E-state index contributed by atoms with van der Waals surface area (Å²) in [4.78, 5) is 4.57. The first-order valence-electron chi connectivity index (χ1n) is 5.42. The van der Waals surface area contributed by atoms with Gasteiger partial charge in [-0.1, -0.05) is 12.1 Å². The van der Waals surface area contributed by atoms with E-state index in [0.29, 0.717) is 5.56 Å². The Hall–Kier alpha value is -2.12. The molecular formula is C14H8BrN3. The maximum atomic E-state index is 8.77. The lowest BCUT2D eigenvalue weighted by atomic mass is 10.1. The molecule has 0 saturated heterocycles. The monoisotopic (exact) mass is 297 g/mol. The number of imidazole rings is 1. The Morgan fingerprint density at radius 1 is 1.17 bits per heavy atom. The SMILES string of the molecule is N#Cc1ccc(-c2cn3cccc(Br)c3n2)cc1. The van der Waals surface area contributed by atoms with Crippen LogP contribution < -0.4 is 0 Å². The lowest BCUT2D eigenvalue weighted by Crippen LogP contribution is -1.80. The number of nitrogens with zero attached hydrogens (tertiary/aromatic N) is 3. The molecule has 0 saturated carbocycles. The summed E-state index contributed by atoms with van der Waals surface area (Å²) < 4.78 is 2.93. The van der Waals surface area contributed by atoms with Gasteiger partial charge in [0.2, 0.25) is 0 Å². The standard InChI is InChI=1S/C14H8BrN3/c15-12-2-1-7-18-9-13(17-14(12)18)11-5-3-10(8-16)4-6-11/h1-7,9H. The summed E-state index contributed by atoms with van der Waals surface area (Å²) in [5.41, 5.74) is 3.44. The first-order valence-corrected chi connectivity index (χ1v) is 6.21. The van der Waals surface area contributed by atoms with Crippen molar-refractivity contribution in [1.82, 2.24) is 9.38 Å². The second kappa shape index (κ2) is 4.28. The van der Waals surface area contributed by atoms with Gasteiger partial charge in [0.05, 0.1) is 21.8 Å². The number of aromatic nitrogens is 2. The zero-order chi connectivity index (χ0) is 12.5. The molecule has 86 valence electrons. The summed E-state index contributed by atoms with van der Waals surface area (Å²) in [6.45, 7) is 0. The summed E-state index contributed by atoms with van der Waals surface area (Å²) in [6, 6.07) is 13.5. The Kier molecular flexibility index (Phi) is 2.62. The van der Waals surface area contributed by atoms with Crippen LogP contribution in [0.1, 0.15) is 5.56 Å². The van der Waals surface area contributed by atoms with Crippen molar-refractivity contribution in [3.8, 4) is 17.3 Å². The van der Waals surface area contributed by atoms with Crippen molar-refractivity contribution in [3.63, 3.8) is 0 Å². The van der Waals surface area contributed by atoms with E-state index in [4.69, 9.17) is 5.26 Å². The molecule has 3 nitrogen and oxygen atoms in total. The first-order chi connectivity index (χ1) is 8.78. The van der Waals surface area contributed by atoms with Crippen molar-refractivity contribution in [1.29, 1.82) is 5.26 Å². The molecule has 0 spiro atoms. The van der Waals surface area contributed by atoms with Crippen LogP contribution in [-0.2, 0) is 0 Å². The van der Waals surface area contributed by atoms with Crippen LogP contribution in [0.3, 0.4) is 0 Å². The maximum absolute atomic E-state index is 8.77. The zero-order valence-corrected chi connectivity index (χ0v) is 10.9. The Morgan fingerprint density at radius 2 is 1.94 bits per heavy atom. The minimum absolute atomic E-state index is 0.656. The average Bonchev–Trinajstić information content (AvgIpc) is 2.84. The van der Waals surface area contributed by atoms with Gasteiger partial charge in [0.15, 0.2) is 5.65 Å². The molecule has 1 aromatic carbocycles. The highest BCUT2D eigenvalue weighted by Gasteiger charge is 2.06. The number of hydrogen-bond acceptors (Lipinski definition) is 2. The summed E-state index contributed by atoms with van der Waals surface area (Å²) >= 11 is 3.48. The van der Waals surface area contributed by atoms with Crippen molar-refractivity contribution in [2.75, 3.05) is 0 Å². The average molecular weight is 298 g/mol. The first kappa shape index (κ1) is 11.0. The third kappa shape index (κ3) is 1.79. The van der Waals surface area contributed by atoms with E-state index in [1.807, 2.05) is 41.1 Å². The van der Waals surface area contributed by atoms with Crippen LogP contribution in [0.25, 0.3) is 16.9 Å². The molecule has 0 fully saturated rings. The number of nitriles is 1. The van der Waals surface area contributed by atoms with Gasteiger partial charge in [0, 0.05) is 18.0 Å². The Balaban J connectivity index is 2.14. The number of pyridine rings is 1. The van der Waals surface area contributed by atoms with Crippen LogP contribution in [0, 0.1) is 11.3 Å². The number of hydrogen-bond donors (Lipinski definition) is 0. The smallest absolute Gasteiger partial charge is 0.151 e. The minimum Gasteiger partial charge on any atom is -0.306 e. The fourth-order valence-corrected chi connectivity index (χ4v) is 2.28. The molecule has 3 rings (SSSR count). The molecule has 18 heavy (non-hydrogen) atoms. The molecule has 2 heterocycles. The largest absolute Gasteiger partial charge is 0.306 e. The minimum atomic E-state index is 0.656. The summed E-state index contributed by atoms with van der Waals surface area (Å²) in [6.07, 6.45) is 3.93. The number of benzene rings is 1. The van der Waals surface area contributed by atoms with Crippen molar-refractivity contribution in [2.45, 2.75) is 0 Å². The van der Waals surface area contributed by atoms with Gasteiger partial charge in [-0.2, -0.15) is 5.26 Å². The fraction of sp³-hybridized carbons (Fsp3) is 0. The molecule has 0 aliphatic carbocycles.